The number of ether oxygens (including phenoxy) is 1. The number of carbonyl (C=O) groups excluding carboxylic acids is 2. The number of esters is 1. The molecule has 1 aliphatic rings. The normalized spacial score (nSPS) is 15.0. The maximum Gasteiger partial charge on any atom is 0.305 e. The fraction of sp³-hybridized carbons (Fsp3) is 0.500. The summed E-state index contributed by atoms with van der Waals surface area (Å²) in [7, 11) is 0. The van der Waals surface area contributed by atoms with Gasteiger partial charge in [-0.25, -0.2) is 0 Å². The van der Waals surface area contributed by atoms with Crippen LogP contribution in [0.5, 0.6) is 0 Å². The summed E-state index contributed by atoms with van der Waals surface area (Å²) in [4.78, 5) is 22.4. The van der Waals surface area contributed by atoms with Gasteiger partial charge in [-0.15, -0.1) is 0 Å². The highest BCUT2D eigenvalue weighted by atomic mass is 16.5. The molecule has 1 aliphatic carbocycles. The molecule has 15 heavy (non-hydrogen) atoms. The van der Waals surface area contributed by atoms with Crippen molar-refractivity contribution in [1.82, 2.24) is 0 Å². The van der Waals surface area contributed by atoms with E-state index in [0.717, 1.165) is 5.57 Å². The molecule has 3 nitrogen and oxygen atoms in total. The fourth-order valence-electron chi connectivity index (χ4n) is 1.46. The monoisotopic (exact) mass is 208 g/mol. The summed E-state index contributed by atoms with van der Waals surface area (Å²) < 4.78 is 4.80. The van der Waals surface area contributed by atoms with E-state index in [-0.39, 0.29) is 11.8 Å². The molecule has 0 bridgehead atoms. The molecule has 0 saturated heterocycles. The molecule has 0 aromatic rings. The van der Waals surface area contributed by atoms with Crippen LogP contribution in [-0.2, 0) is 14.3 Å². The molecule has 0 fully saturated rings. The Bertz CT molecular complexity index is 300. The quantitative estimate of drug-likeness (QED) is 0.650. The van der Waals surface area contributed by atoms with Crippen molar-refractivity contribution >= 4 is 11.8 Å². The van der Waals surface area contributed by atoms with Crippen LogP contribution in [0, 0.1) is 0 Å². The lowest BCUT2D eigenvalue weighted by molar-refractivity contribution is -0.143. The Hall–Kier alpha value is -1.38. The molecule has 0 spiro atoms. The zero-order valence-electron chi connectivity index (χ0n) is 8.99. The summed E-state index contributed by atoms with van der Waals surface area (Å²) >= 11 is 0. The zero-order valence-corrected chi connectivity index (χ0v) is 8.99. The molecular weight excluding hydrogens is 192 g/mol. The average Bonchev–Trinajstić information content (AvgIpc) is 2.21. The lowest BCUT2D eigenvalue weighted by atomic mass is 9.98. The zero-order chi connectivity index (χ0) is 11.1. The largest absolute Gasteiger partial charge is 0.466 e. The van der Waals surface area contributed by atoms with Crippen LogP contribution in [0.2, 0.25) is 0 Å². The second kappa shape index (κ2) is 6.17. The van der Waals surface area contributed by atoms with E-state index in [1.54, 1.807) is 6.92 Å². The van der Waals surface area contributed by atoms with E-state index in [9.17, 15) is 9.59 Å². The summed E-state index contributed by atoms with van der Waals surface area (Å²) in [6, 6.07) is 0. The lowest BCUT2D eigenvalue weighted by Gasteiger charge is -2.07. The first-order valence-electron chi connectivity index (χ1n) is 5.28. The molecular formula is C12H16O3. The van der Waals surface area contributed by atoms with Gasteiger partial charge in [-0.1, -0.05) is 18.2 Å². The molecule has 0 aromatic carbocycles. The van der Waals surface area contributed by atoms with Gasteiger partial charge in [-0.3, -0.25) is 9.59 Å². The molecule has 0 aromatic heterocycles. The van der Waals surface area contributed by atoms with Gasteiger partial charge >= 0.3 is 5.97 Å². The minimum absolute atomic E-state index is 0.168. The Morgan fingerprint density at radius 2 is 2.33 bits per heavy atom. The first-order chi connectivity index (χ1) is 7.24. The van der Waals surface area contributed by atoms with Crippen molar-refractivity contribution in [2.24, 2.45) is 0 Å². The van der Waals surface area contributed by atoms with Crippen molar-refractivity contribution < 1.29 is 14.3 Å². The van der Waals surface area contributed by atoms with E-state index in [0.29, 0.717) is 32.3 Å². The summed E-state index contributed by atoms with van der Waals surface area (Å²) in [5, 5.41) is 0. The third kappa shape index (κ3) is 4.11. The molecule has 0 atom stereocenters. The summed E-state index contributed by atoms with van der Waals surface area (Å²) in [5.41, 5.74) is 0.821. The van der Waals surface area contributed by atoms with Gasteiger partial charge in [0.05, 0.1) is 6.61 Å². The van der Waals surface area contributed by atoms with Crippen molar-refractivity contribution in [3.8, 4) is 0 Å². The molecule has 0 saturated carbocycles. The van der Waals surface area contributed by atoms with Gasteiger partial charge in [0.2, 0.25) is 0 Å². The number of hydrogen-bond acceptors (Lipinski definition) is 3. The molecule has 1 rings (SSSR count). The minimum Gasteiger partial charge on any atom is -0.466 e. The summed E-state index contributed by atoms with van der Waals surface area (Å²) in [5.74, 6) is -0.0155. The number of allylic oxidation sites excluding steroid dienone is 4. The van der Waals surface area contributed by atoms with E-state index >= 15 is 0 Å². The van der Waals surface area contributed by atoms with Crippen LogP contribution < -0.4 is 0 Å². The van der Waals surface area contributed by atoms with E-state index in [1.165, 1.54) is 0 Å². The molecule has 3 heteroatoms. The first-order valence-corrected chi connectivity index (χ1v) is 5.28. The van der Waals surface area contributed by atoms with Gasteiger partial charge in [0.25, 0.3) is 0 Å². The maximum absolute atomic E-state index is 11.4. The van der Waals surface area contributed by atoms with Crippen molar-refractivity contribution in [2.75, 3.05) is 6.61 Å². The molecule has 0 N–H and O–H groups in total. The second-order valence-corrected chi connectivity index (χ2v) is 3.41. The van der Waals surface area contributed by atoms with Gasteiger partial charge in [0.15, 0.2) is 5.78 Å². The van der Waals surface area contributed by atoms with Crippen LogP contribution >= 0.6 is 0 Å². The van der Waals surface area contributed by atoms with E-state index in [2.05, 4.69) is 0 Å². The van der Waals surface area contributed by atoms with Crippen LogP contribution in [-0.4, -0.2) is 18.4 Å². The molecule has 0 aliphatic heterocycles. The topological polar surface area (TPSA) is 43.4 Å². The predicted molar refractivity (Wildman–Crippen MR) is 57.3 cm³/mol. The van der Waals surface area contributed by atoms with Crippen molar-refractivity contribution in [3.05, 3.63) is 23.8 Å². The third-order valence-electron chi connectivity index (χ3n) is 2.23. The number of carbonyl (C=O) groups is 2. The SMILES string of the molecule is CCOC(=O)CCCC1=CC=CCC1=O. The highest BCUT2D eigenvalue weighted by Crippen LogP contribution is 2.14. The van der Waals surface area contributed by atoms with E-state index in [4.69, 9.17) is 4.74 Å². The second-order valence-electron chi connectivity index (χ2n) is 3.41. The molecule has 0 heterocycles. The first kappa shape index (κ1) is 11.7. The Morgan fingerprint density at radius 1 is 1.53 bits per heavy atom. The average molecular weight is 208 g/mol. The third-order valence-corrected chi connectivity index (χ3v) is 2.23. The Balaban J connectivity index is 2.25. The molecule has 0 amide bonds. The van der Waals surface area contributed by atoms with E-state index < -0.39 is 0 Å². The van der Waals surface area contributed by atoms with Crippen LogP contribution in [0.1, 0.15) is 32.6 Å². The maximum atomic E-state index is 11.4. The van der Waals surface area contributed by atoms with Gasteiger partial charge in [-0.05, 0) is 25.3 Å². The summed E-state index contributed by atoms with van der Waals surface area (Å²) in [6.07, 6.45) is 7.80. The van der Waals surface area contributed by atoms with Crippen molar-refractivity contribution in [3.63, 3.8) is 0 Å². The number of hydrogen-bond donors (Lipinski definition) is 0. The Labute approximate surface area is 89.8 Å². The van der Waals surface area contributed by atoms with Crippen LogP contribution in [0.15, 0.2) is 23.8 Å². The van der Waals surface area contributed by atoms with Crippen LogP contribution in [0.4, 0.5) is 0 Å². The van der Waals surface area contributed by atoms with Crippen molar-refractivity contribution in [2.45, 2.75) is 32.6 Å². The van der Waals surface area contributed by atoms with Gasteiger partial charge in [0.1, 0.15) is 0 Å². The Morgan fingerprint density at radius 3 is 3.00 bits per heavy atom. The van der Waals surface area contributed by atoms with Gasteiger partial charge in [-0.2, -0.15) is 0 Å². The highest BCUT2D eigenvalue weighted by molar-refractivity contribution is 5.97. The molecule has 82 valence electrons. The molecule has 0 radical (unpaired) electrons. The fourth-order valence-corrected chi connectivity index (χ4v) is 1.46. The summed E-state index contributed by atoms with van der Waals surface area (Å²) in [6.45, 7) is 2.21. The van der Waals surface area contributed by atoms with Gasteiger partial charge < -0.3 is 4.74 Å². The minimum atomic E-state index is -0.183. The van der Waals surface area contributed by atoms with Crippen LogP contribution in [0.25, 0.3) is 0 Å². The number of rotatable bonds is 5. The standard InChI is InChI=1S/C12H16O3/c1-2-15-12(14)9-5-7-10-6-3-4-8-11(10)13/h3-4,6H,2,5,7-9H2,1H3. The molecule has 0 unspecified atom stereocenters. The number of Topliss-reactive ketones (excluding diaryl/α,β-unsaturated/α-hetero) is 1. The van der Waals surface area contributed by atoms with Crippen molar-refractivity contribution in [1.29, 1.82) is 0 Å². The van der Waals surface area contributed by atoms with Gasteiger partial charge in [0, 0.05) is 12.8 Å². The predicted octanol–water partition coefficient (Wildman–Crippen LogP) is 2.18. The van der Waals surface area contributed by atoms with Crippen LogP contribution in [0.3, 0.4) is 0 Å². The number of ketones is 1. The smallest absolute Gasteiger partial charge is 0.305 e. The highest BCUT2D eigenvalue weighted by Gasteiger charge is 2.10. The van der Waals surface area contributed by atoms with E-state index in [1.807, 2.05) is 18.2 Å². The lowest BCUT2D eigenvalue weighted by Crippen LogP contribution is -2.07. The Kier molecular flexibility index (Phi) is 4.81.